The summed E-state index contributed by atoms with van der Waals surface area (Å²) in [6, 6.07) is 63.5. The topological polar surface area (TPSA) is 21.3 Å². The van der Waals surface area contributed by atoms with E-state index in [9.17, 15) is 0 Å². The largest absolute Gasteiger partial charge is 0.456 e. The van der Waals surface area contributed by atoms with Crippen molar-refractivity contribution in [1.82, 2.24) is 4.57 Å². The first-order valence-corrected chi connectivity index (χ1v) is 18.4. The van der Waals surface area contributed by atoms with Crippen molar-refractivity contribution in [3.8, 4) is 16.8 Å². The Hall–Kier alpha value is -6.62. The number of nitrogens with zero attached hydrogens (tertiary/aromatic N) is 2. The zero-order chi connectivity index (χ0) is 34.2. The predicted molar refractivity (Wildman–Crippen MR) is 221 cm³/mol. The summed E-state index contributed by atoms with van der Waals surface area (Å²) in [5.74, 6) is 0. The quantitative estimate of drug-likeness (QED) is 0.180. The summed E-state index contributed by atoms with van der Waals surface area (Å²) in [5.41, 5.74) is 11.0. The van der Waals surface area contributed by atoms with Gasteiger partial charge in [0.2, 0.25) is 0 Å². The highest BCUT2D eigenvalue weighted by atomic mass is 32.1. The fourth-order valence-electron chi connectivity index (χ4n) is 7.92. The SMILES string of the molecule is c1ccc2cc(N(c3ccc(-c4ccc(-n5c6ccccc6c6cc7sccc7cc65)cc4)cc3)c3ccc4oc5ccccc5c4c3)ccc2c1. The van der Waals surface area contributed by atoms with Crippen molar-refractivity contribution < 1.29 is 4.42 Å². The van der Waals surface area contributed by atoms with E-state index in [-0.39, 0.29) is 0 Å². The Balaban J connectivity index is 0.993. The van der Waals surface area contributed by atoms with Crippen molar-refractivity contribution in [2.45, 2.75) is 0 Å². The summed E-state index contributed by atoms with van der Waals surface area (Å²) >= 11 is 1.80. The van der Waals surface area contributed by atoms with Gasteiger partial charge in [-0.05, 0) is 118 Å². The number of benzene rings is 8. The van der Waals surface area contributed by atoms with Crippen molar-refractivity contribution in [2.75, 3.05) is 4.90 Å². The fourth-order valence-corrected chi connectivity index (χ4v) is 8.73. The molecule has 0 amide bonds. The Morgan fingerprint density at radius 1 is 0.423 bits per heavy atom. The standard InChI is InChI=1S/C48H30N2OS/c1-2-8-34-27-38(22-17-31(34)7-1)49(39-23-24-47-43(29-39)41-10-4-6-12-46(41)51-47)36-18-13-32(14-19-36)33-15-20-37(21-16-33)50-44-11-5-3-9-40(44)42-30-48-35(25-26-52-48)28-45(42)50/h1-30H. The minimum absolute atomic E-state index is 0.892. The number of aromatic nitrogens is 1. The normalized spacial score (nSPS) is 11.8. The van der Waals surface area contributed by atoms with Crippen LogP contribution in [0.5, 0.6) is 0 Å². The molecular formula is C48H30N2OS. The highest BCUT2D eigenvalue weighted by Gasteiger charge is 2.17. The van der Waals surface area contributed by atoms with Crippen molar-refractivity contribution in [3.05, 3.63) is 181 Å². The molecule has 0 N–H and O–H groups in total. The lowest BCUT2D eigenvalue weighted by molar-refractivity contribution is 0.669. The van der Waals surface area contributed by atoms with Gasteiger partial charge in [0, 0.05) is 49.0 Å². The van der Waals surface area contributed by atoms with E-state index in [2.05, 4.69) is 179 Å². The maximum absolute atomic E-state index is 6.19. The van der Waals surface area contributed by atoms with Gasteiger partial charge in [0.1, 0.15) is 11.2 Å². The number of thiophene rings is 1. The van der Waals surface area contributed by atoms with E-state index >= 15 is 0 Å². The Bertz CT molecular complexity index is 3130. The van der Waals surface area contributed by atoms with E-state index in [4.69, 9.17) is 4.42 Å². The van der Waals surface area contributed by atoms with Gasteiger partial charge in [-0.25, -0.2) is 0 Å². The van der Waals surface area contributed by atoms with Crippen LogP contribution in [-0.2, 0) is 0 Å². The molecule has 11 aromatic rings. The monoisotopic (exact) mass is 682 g/mol. The molecule has 0 saturated carbocycles. The fraction of sp³-hybridized carbons (Fsp3) is 0. The Kier molecular flexibility index (Phi) is 6.42. The molecule has 0 aliphatic carbocycles. The van der Waals surface area contributed by atoms with Crippen LogP contribution in [0.4, 0.5) is 17.1 Å². The van der Waals surface area contributed by atoms with Gasteiger partial charge in [0.25, 0.3) is 0 Å². The summed E-state index contributed by atoms with van der Waals surface area (Å²) in [4.78, 5) is 2.34. The molecule has 0 spiro atoms. The zero-order valence-corrected chi connectivity index (χ0v) is 28.8. The van der Waals surface area contributed by atoms with Gasteiger partial charge in [-0.15, -0.1) is 11.3 Å². The molecule has 4 heteroatoms. The minimum Gasteiger partial charge on any atom is -0.456 e. The smallest absolute Gasteiger partial charge is 0.135 e. The number of hydrogen-bond donors (Lipinski definition) is 0. The highest BCUT2D eigenvalue weighted by Crippen LogP contribution is 2.41. The molecule has 0 aliphatic rings. The maximum atomic E-state index is 6.19. The maximum Gasteiger partial charge on any atom is 0.135 e. The molecule has 0 saturated heterocycles. The number of hydrogen-bond acceptors (Lipinski definition) is 3. The summed E-state index contributed by atoms with van der Waals surface area (Å²) < 4.78 is 9.91. The molecule has 11 rings (SSSR count). The third-order valence-electron chi connectivity index (χ3n) is 10.4. The van der Waals surface area contributed by atoms with Gasteiger partial charge < -0.3 is 13.9 Å². The first kappa shape index (κ1) is 29.1. The predicted octanol–water partition coefficient (Wildman–Crippen LogP) is 14.2. The summed E-state index contributed by atoms with van der Waals surface area (Å²) in [6.45, 7) is 0. The van der Waals surface area contributed by atoms with Gasteiger partial charge in [0.05, 0.1) is 11.0 Å². The highest BCUT2D eigenvalue weighted by molar-refractivity contribution is 7.17. The molecule has 8 aromatic carbocycles. The van der Waals surface area contributed by atoms with Crippen LogP contribution in [0.3, 0.4) is 0 Å². The third kappa shape index (κ3) is 4.58. The second-order valence-corrected chi connectivity index (χ2v) is 14.4. The van der Waals surface area contributed by atoms with Crippen molar-refractivity contribution in [2.24, 2.45) is 0 Å². The first-order valence-electron chi connectivity index (χ1n) is 17.6. The Morgan fingerprint density at radius 2 is 1.10 bits per heavy atom. The zero-order valence-electron chi connectivity index (χ0n) is 28.0. The molecule has 52 heavy (non-hydrogen) atoms. The summed E-state index contributed by atoms with van der Waals surface area (Å²) in [5, 5.41) is 10.7. The van der Waals surface area contributed by atoms with E-state index in [1.165, 1.54) is 53.8 Å². The van der Waals surface area contributed by atoms with E-state index < -0.39 is 0 Å². The van der Waals surface area contributed by atoms with E-state index in [1.54, 1.807) is 11.3 Å². The molecule has 0 atom stereocenters. The second kappa shape index (κ2) is 11.5. The van der Waals surface area contributed by atoms with E-state index in [0.29, 0.717) is 0 Å². The van der Waals surface area contributed by atoms with Crippen molar-refractivity contribution in [3.63, 3.8) is 0 Å². The number of furan rings is 1. The van der Waals surface area contributed by atoms with Crippen LogP contribution < -0.4 is 4.90 Å². The first-order chi connectivity index (χ1) is 25.7. The number of anilines is 3. The lowest BCUT2D eigenvalue weighted by atomic mass is 10.0. The van der Waals surface area contributed by atoms with Crippen LogP contribution in [0.2, 0.25) is 0 Å². The molecule has 0 radical (unpaired) electrons. The summed E-state index contributed by atoms with van der Waals surface area (Å²) in [6.07, 6.45) is 0. The molecule has 3 heterocycles. The minimum atomic E-state index is 0.892. The lowest BCUT2D eigenvalue weighted by Gasteiger charge is -2.26. The van der Waals surface area contributed by atoms with Crippen LogP contribution in [0.25, 0.3) is 81.4 Å². The molecule has 0 aliphatic heterocycles. The number of rotatable bonds is 5. The number of para-hydroxylation sites is 2. The Morgan fingerprint density at radius 3 is 1.96 bits per heavy atom. The molecule has 3 nitrogen and oxygen atoms in total. The van der Waals surface area contributed by atoms with Gasteiger partial charge in [-0.3, -0.25) is 0 Å². The van der Waals surface area contributed by atoms with Gasteiger partial charge in [0.15, 0.2) is 0 Å². The number of fused-ring (bicyclic) bond motifs is 8. The molecule has 244 valence electrons. The van der Waals surface area contributed by atoms with Gasteiger partial charge in [-0.1, -0.05) is 91.0 Å². The van der Waals surface area contributed by atoms with Crippen molar-refractivity contribution >= 4 is 93.0 Å². The molecule has 3 aromatic heterocycles. The van der Waals surface area contributed by atoms with Gasteiger partial charge >= 0.3 is 0 Å². The molecular weight excluding hydrogens is 653 g/mol. The average molecular weight is 683 g/mol. The van der Waals surface area contributed by atoms with Gasteiger partial charge in [-0.2, -0.15) is 0 Å². The van der Waals surface area contributed by atoms with Crippen LogP contribution in [0.1, 0.15) is 0 Å². The van der Waals surface area contributed by atoms with Crippen LogP contribution in [0.15, 0.2) is 186 Å². The Labute approximate surface area is 303 Å². The summed E-state index contributed by atoms with van der Waals surface area (Å²) in [7, 11) is 0. The van der Waals surface area contributed by atoms with E-state index in [1.807, 2.05) is 12.1 Å². The van der Waals surface area contributed by atoms with Crippen LogP contribution >= 0.6 is 11.3 Å². The molecule has 0 fully saturated rings. The van der Waals surface area contributed by atoms with Crippen molar-refractivity contribution in [1.29, 1.82) is 0 Å². The lowest BCUT2D eigenvalue weighted by Crippen LogP contribution is -2.09. The average Bonchev–Trinajstić information content (AvgIpc) is 3.91. The molecule has 0 bridgehead atoms. The van der Waals surface area contributed by atoms with Crippen LogP contribution in [0, 0.1) is 0 Å². The third-order valence-corrected chi connectivity index (χ3v) is 11.3. The molecule has 0 unspecified atom stereocenters. The van der Waals surface area contributed by atoms with E-state index in [0.717, 1.165) is 44.7 Å². The van der Waals surface area contributed by atoms with Crippen LogP contribution in [-0.4, -0.2) is 4.57 Å². The second-order valence-electron chi connectivity index (χ2n) is 13.4.